The van der Waals surface area contributed by atoms with Crippen LogP contribution in [0.4, 0.5) is 0 Å². The van der Waals surface area contributed by atoms with E-state index >= 15 is 0 Å². The van der Waals surface area contributed by atoms with Crippen molar-refractivity contribution in [1.29, 1.82) is 0 Å². The van der Waals surface area contributed by atoms with Gasteiger partial charge < -0.3 is 5.32 Å². The lowest BCUT2D eigenvalue weighted by atomic mass is 10.2. The summed E-state index contributed by atoms with van der Waals surface area (Å²) in [6.45, 7) is 7.15. The molecule has 2 heterocycles. The van der Waals surface area contributed by atoms with Gasteiger partial charge in [0.1, 0.15) is 0 Å². The van der Waals surface area contributed by atoms with Gasteiger partial charge in [0.05, 0.1) is 6.20 Å². The van der Waals surface area contributed by atoms with Gasteiger partial charge in [0.2, 0.25) is 0 Å². The summed E-state index contributed by atoms with van der Waals surface area (Å²) in [5, 5.41) is 12.1. The molecule has 0 aliphatic carbocycles. The summed E-state index contributed by atoms with van der Waals surface area (Å²) in [5.41, 5.74) is 3.98. The maximum absolute atomic E-state index is 4.45. The fourth-order valence-electron chi connectivity index (χ4n) is 1.81. The van der Waals surface area contributed by atoms with Crippen LogP contribution in [0, 0.1) is 6.92 Å². The van der Waals surface area contributed by atoms with Crippen LogP contribution in [0.1, 0.15) is 23.7 Å². The Bertz CT molecular complexity index is 445. The Labute approximate surface area is 106 Å². The quantitative estimate of drug-likeness (QED) is 0.853. The lowest BCUT2D eigenvalue weighted by Gasteiger charge is -2.05. The number of nitrogens with one attached hydrogen (secondary N) is 1. The highest BCUT2D eigenvalue weighted by Gasteiger charge is 2.05. The first kappa shape index (κ1) is 12.3. The predicted octanol–water partition coefficient (Wildman–Crippen LogP) is 2.61. The van der Waals surface area contributed by atoms with Crippen LogP contribution in [-0.2, 0) is 19.5 Å². The highest BCUT2D eigenvalue weighted by atomic mass is 32.1. The fourth-order valence-corrected chi connectivity index (χ4v) is 2.52. The predicted molar refractivity (Wildman–Crippen MR) is 72.4 cm³/mol. The van der Waals surface area contributed by atoms with Crippen molar-refractivity contribution in [2.75, 3.05) is 6.54 Å². The monoisotopic (exact) mass is 249 g/mol. The Morgan fingerprint density at radius 3 is 3.06 bits per heavy atom. The van der Waals surface area contributed by atoms with Crippen LogP contribution in [0.3, 0.4) is 0 Å². The van der Waals surface area contributed by atoms with Gasteiger partial charge in [-0.15, -0.1) is 0 Å². The SMILES string of the molecule is CCNCc1cnn(CCc2ccsc2)c1C. The van der Waals surface area contributed by atoms with Gasteiger partial charge in [0.15, 0.2) is 0 Å². The first-order valence-corrected chi connectivity index (χ1v) is 6.98. The molecule has 0 bridgehead atoms. The number of hydrogen-bond acceptors (Lipinski definition) is 3. The van der Waals surface area contributed by atoms with E-state index in [1.165, 1.54) is 16.8 Å². The highest BCUT2D eigenvalue weighted by Crippen LogP contribution is 2.10. The normalized spacial score (nSPS) is 10.9. The molecular weight excluding hydrogens is 230 g/mol. The maximum Gasteiger partial charge on any atom is 0.0537 e. The third kappa shape index (κ3) is 3.17. The molecule has 2 aromatic rings. The van der Waals surface area contributed by atoms with Crippen molar-refractivity contribution in [1.82, 2.24) is 15.1 Å². The Morgan fingerprint density at radius 2 is 2.35 bits per heavy atom. The van der Waals surface area contributed by atoms with Crippen molar-refractivity contribution in [2.24, 2.45) is 0 Å². The van der Waals surface area contributed by atoms with Crippen molar-refractivity contribution in [3.63, 3.8) is 0 Å². The third-order valence-corrected chi connectivity index (χ3v) is 3.69. The van der Waals surface area contributed by atoms with Crippen molar-refractivity contribution in [3.05, 3.63) is 39.8 Å². The molecule has 17 heavy (non-hydrogen) atoms. The van der Waals surface area contributed by atoms with E-state index in [0.29, 0.717) is 0 Å². The van der Waals surface area contributed by atoms with Gasteiger partial charge in [0.25, 0.3) is 0 Å². The average Bonchev–Trinajstić information content (AvgIpc) is 2.95. The molecule has 0 spiro atoms. The number of aryl methyl sites for hydroxylation is 2. The van der Waals surface area contributed by atoms with E-state index in [-0.39, 0.29) is 0 Å². The molecule has 2 aromatic heterocycles. The zero-order valence-electron chi connectivity index (χ0n) is 10.4. The van der Waals surface area contributed by atoms with Crippen LogP contribution in [0.5, 0.6) is 0 Å². The molecule has 0 saturated carbocycles. The minimum Gasteiger partial charge on any atom is -0.313 e. The van der Waals surface area contributed by atoms with Gasteiger partial charge in [-0.3, -0.25) is 4.68 Å². The summed E-state index contributed by atoms with van der Waals surface area (Å²) in [5.74, 6) is 0. The summed E-state index contributed by atoms with van der Waals surface area (Å²) in [7, 11) is 0. The van der Waals surface area contributed by atoms with Gasteiger partial charge in [-0.1, -0.05) is 6.92 Å². The zero-order valence-corrected chi connectivity index (χ0v) is 11.3. The van der Waals surface area contributed by atoms with E-state index in [4.69, 9.17) is 0 Å². The average molecular weight is 249 g/mol. The number of thiophene rings is 1. The van der Waals surface area contributed by atoms with Crippen LogP contribution >= 0.6 is 11.3 Å². The second-order valence-electron chi connectivity index (χ2n) is 4.14. The number of rotatable bonds is 6. The van der Waals surface area contributed by atoms with Gasteiger partial charge in [-0.2, -0.15) is 16.4 Å². The molecule has 0 unspecified atom stereocenters. The summed E-state index contributed by atoms with van der Waals surface area (Å²) in [6.07, 6.45) is 3.04. The van der Waals surface area contributed by atoms with E-state index in [9.17, 15) is 0 Å². The van der Waals surface area contributed by atoms with Crippen LogP contribution in [0.25, 0.3) is 0 Å². The minimum atomic E-state index is 0.917. The fraction of sp³-hybridized carbons (Fsp3) is 0.462. The van der Waals surface area contributed by atoms with Crippen LogP contribution in [0.2, 0.25) is 0 Å². The molecule has 0 aliphatic heterocycles. The van der Waals surface area contributed by atoms with Crippen molar-refractivity contribution in [2.45, 2.75) is 33.4 Å². The molecule has 92 valence electrons. The first-order chi connectivity index (χ1) is 8.31. The van der Waals surface area contributed by atoms with E-state index in [2.05, 4.69) is 45.8 Å². The second-order valence-corrected chi connectivity index (χ2v) is 4.92. The zero-order chi connectivity index (χ0) is 12.1. The van der Waals surface area contributed by atoms with E-state index in [1.54, 1.807) is 11.3 Å². The van der Waals surface area contributed by atoms with E-state index < -0.39 is 0 Å². The highest BCUT2D eigenvalue weighted by molar-refractivity contribution is 7.07. The topological polar surface area (TPSA) is 29.9 Å². The summed E-state index contributed by atoms with van der Waals surface area (Å²) < 4.78 is 2.10. The molecule has 0 radical (unpaired) electrons. The Kier molecular flexibility index (Phi) is 4.34. The van der Waals surface area contributed by atoms with Gasteiger partial charge in [0, 0.05) is 24.3 Å². The summed E-state index contributed by atoms with van der Waals surface area (Å²) in [4.78, 5) is 0. The van der Waals surface area contributed by atoms with Gasteiger partial charge in [-0.05, 0) is 42.3 Å². The third-order valence-electron chi connectivity index (χ3n) is 2.96. The largest absolute Gasteiger partial charge is 0.313 e. The number of hydrogen-bond donors (Lipinski definition) is 1. The van der Waals surface area contributed by atoms with Crippen molar-refractivity contribution < 1.29 is 0 Å². The molecule has 0 atom stereocenters. The van der Waals surface area contributed by atoms with Crippen LogP contribution in [-0.4, -0.2) is 16.3 Å². The summed E-state index contributed by atoms with van der Waals surface area (Å²) >= 11 is 1.76. The van der Waals surface area contributed by atoms with E-state index in [0.717, 1.165) is 26.1 Å². The van der Waals surface area contributed by atoms with E-state index in [1.807, 2.05) is 6.20 Å². The van der Waals surface area contributed by atoms with Gasteiger partial charge >= 0.3 is 0 Å². The Hall–Kier alpha value is -1.13. The lowest BCUT2D eigenvalue weighted by Crippen LogP contribution is -2.12. The number of aromatic nitrogens is 2. The maximum atomic E-state index is 4.45. The molecule has 2 rings (SSSR count). The molecule has 4 heteroatoms. The Balaban J connectivity index is 1.94. The summed E-state index contributed by atoms with van der Waals surface area (Å²) in [6, 6.07) is 2.18. The lowest BCUT2D eigenvalue weighted by molar-refractivity contribution is 0.596. The van der Waals surface area contributed by atoms with Crippen molar-refractivity contribution >= 4 is 11.3 Å². The smallest absolute Gasteiger partial charge is 0.0537 e. The molecule has 3 nitrogen and oxygen atoms in total. The first-order valence-electron chi connectivity index (χ1n) is 6.04. The molecule has 0 aliphatic rings. The molecule has 0 amide bonds. The van der Waals surface area contributed by atoms with Crippen LogP contribution in [0.15, 0.2) is 23.0 Å². The second kappa shape index (κ2) is 5.98. The van der Waals surface area contributed by atoms with Crippen LogP contribution < -0.4 is 5.32 Å². The standard InChI is InChI=1S/C13H19N3S/c1-3-14-8-13-9-15-16(11(13)2)6-4-12-5-7-17-10-12/h5,7,9-10,14H,3-4,6,8H2,1-2H3. The van der Waals surface area contributed by atoms with Crippen molar-refractivity contribution in [3.8, 4) is 0 Å². The Morgan fingerprint density at radius 1 is 1.47 bits per heavy atom. The van der Waals surface area contributed by atoms with Gasteiger partial charge in [-0.25, -0.2) is 0 Å². The molecule has 1 N–H and O–H groups in total. The molecule has 0 aromatic carbocycles. The number of nitrogens with zero attached hydrogens (tertiary/aromatic N) is 2. The molecule has 0 fully saturated rings. The molecule has 0 saturated heterocycles. The minimum absolute atomic E-state index is 0.917. The molecular formula is C13H19N3S.